The van der Waals surface area contributed by atoms with Gasteiger partial charge in [-0.15, -0.1) is 0 Å². The summed E-state index contributed by atoms with van der Waals surface area (Å²) in [6, 6.07) is 0. The molecule has 55 heavy (non-hydrogen) atoms. The van der Waals surface area contributed by atoms with Crippen LogP contribution < -0.4 is 0 Å². The molecule has 10 atom stereocenters. The largest absolute Gasteiger partial charge is 0.399 e. The zero-order chi connectivity index (χ0) is 43.0. The first kappa shape index (κ1) is 50.0. The topological polar surface area (TPSA) is 536 Å². The minimum absolute atomic E-state index is 1.93. The average molecular weight is 983 g/mol. The SMILES string of the molecule is O=S(=O)(O)OC[C@@H]1O[C@H](O[C@H]2[C@H](OS(=O)(=O)O)[C@H](OS(=O)(=O)O)C(OS(=O)(=O)O)O[C@H]2COS(=O)(=O)O)[C@@H](OS(=O)(=O)O)[C@H](OS(=O)(=O)O)[C@H]1OS(=O)(=O)O. The van der Waals surface area contributed by atoms with Crippen LogP contribution in [0.4, 0.5) is 0 Å². The highest BCUT2D eigenvalue weighted by molar-refractivity contribution is 7.82. The van der Waals surface area contributed by atoms with Gasteiger partial charge in [0.1, 0.15) is 36.6 Å². The lowest BCUT2D eigenvalue weighted by Gasteiger charge is -2.47. The van der Waals surface area contributed by atoms with E-state index in [2.05, 4.69) is 33.5 Å². The first-order chi connectivity index (χ1) is 24.2. The van der Waals surface area contributed by atoms with Crippen LogP contribution in [0.2, 0.25) is 0 Å². The van der Waals surface area contributed by atoms with Crippen LogP contribution in [0.15, 0.2) is 0 Å². The van der Waals surface area contributed by atoms with Crippen molar-refractivity contribution >= 4 is 83.2 Å². The van der Waals surface area contributed by atoms with Gasteiger partial charge in [0.05, 0.1) is 13.2 Å². The van der Waals surface area contributed by atoms with E-state index in [1.807, 2.05) is 0 Å². The molecule has 2 rings (SSSR count). The normalized spacial score (nSPS) is 30.9. The van der Waals surface area contributed by atoms with Gasteiger partial charge in [-0.05, 0) is 0 Å². The minimum Gasteiger partial charge on any atom is -0.341 e. The lowest BCUT2D eigenvalue weighted by molar-refractivity contribution is -0.341. The molecule has 2 heterocycles. The van der Waals surface area contributed by atoms with Gasteiger partial charge in [-0.1, -0.05) is 0 Å². The van der Waals surface area contributed by atoms with Crippen molar-refractivity contribution in [2.45, 2.75) is 61.4 Å². The van der Waals surface area contributed by atoms with E-state index in [9.17, 15) is 90.1 Å². The molecule has 2 fully saturated rings. The van der Waals surface area contributed by atoms with E-state index in [0.717, 1.165) is 0 Å². The molecule has 328 valence electrons. The molecule has 1 unspecified atom stereocenters. The molecule has 0 aromatic rings. The summed E-state index contributed by atoms with van der Waals surface area (Å²) < 4.78 is 306. The smallest absolute Gasteiger partial charge is 0.341 e. The predicted molar refractivity (Wildman–Crippen MR) is 152 cm³/mol. The third kappa shape index (κ3) is 19.0. The Morgan fingerprint density at radius 1 is 0.327 bits per heavy atom. The summed E-state index contributed by atoms with van der Waals surface area (Å²) >= 11 is 0. The van der Waals surface area contributed by atoms with Crippen molar-refractivity contribution < 1.29 is 151 Å². The summed E-state index contributed by atoms with van der Waals surface area (Å²) in [6.45, 7) is -3.87. The maximum Gasteiger partial charge on any atom is 0.399 e. The molecule has 0 aromatic carbocycles. The predicted octanol–water partition coefficient (Wildman–Crippen LogP) is -6.78. The van der Waals surface area contributed by atoms with Crippen LogP contribution in [0.1, 0.15) is 0 Å². The molecule has 0 radical (unpaired) electrons. The number of hydrogen-bond donors (Lipinski definition) is 8. The quantitative estimate of drug-likeness (QED) is 0.0526. The monoisotopic (exact) mass is 982 g/mol. The van der Waals surface area contributed by atoms with E-state index in [1.54, 1.807) is 0 Å². The summed E-state index contributed by atoms with van der Waals surface area (Å²) in [5.74, 6) is 0. The number of rotatable bonds is 20. The zero-order valence-electron chi connectivity index (χ0n) is 25.1. The molecule has 8 N–H and O–H groups in total. The van der Waals surface area contributed by atoms with Gasteiger partial charge in [-0.2, -0.15) is 67.3 Å². The number of hydrogen-bond acceptors (Lipinski definition) is 27. The van der Waals surface area contributed by atoms with Crippen LogP contribution in [0, 0.1) is 0 Å². The molecule has 2 aliphatic rings. The Hall–Kier alpha value is -1.16. The van der Waals surface area contributed by atoms with Crippen molar-refractivity contribution in [3.05, 3.63) is 0 Å². The summed E-state index contributed by atoms with van der Waals surface area (Å²) in [4.78, 5) is 0. The Labute approximate surface area is 308 Å². The zero-order valence-corrected chi connectivity index (χ0v) is 31.6. The van der Waals surface area contributed by atoms with Crippen molar-refractivity contribution in [2.24, 2.45) is 0 Å². The van der Waals surface area contributed by atoms with Crippen LogP contribution in [0.5, 0.6) is 0 Å². The van der Waals surface area contributed by atoms with Gasteiger partial charge >= 0.3 is 83.2 Å². The molecular formula is C12H22O35S8. The summed E-state index contributed by atoms with van der Waals surface area (Å²) in [7, 11) is -48.2. The highest BCUT2D eigenvalue weighted by Crippen LogP contribution is 2.37. The van der Waals surface area contributed by atoms with E-state index in [1.165, 1.54) is 0 Å². The Kier molecular flexibility index (Phi) is 16.0. The Bertz CT molecular complexity index is 2260. The highest BCUT2D eigenvalue weighted by atomic mass is 32.3. The third-order valence-electron chi connectivity index (χ3n) is 5.62. The Balaban J connectivity index is 3.02. The first-order valence-electron chi connectivity index (χ1n) is 12.3. The molecule has 0 spiro atoms. The maximum atomic E-state index is 11.8. The summed E-state index contributed by atoms with van der Waals surface area (Å²) in [6.07, 6.45) is -32.1. The van der Waals surface area contributed by atoms with E-state index in [-0.39, 0.29) is 0 Å². The summed E-state index contributed by atoms with van der Waals surface area (Å²) in [5, 5.41) is 0. The fourth-order valence-electron chi connectivity index (χ4n) is 4.20. The van der Waals surface area contributed by atoms with Crippen molar-refractivity contribution in [3.8, 4) is 0 Å². The molecule has 0 bridgehead atoms. The molecule has 0 saturated carbocycles. The lowest BCUT2D eigenvalue weighted by atomic mass is 9.97. The van der Waals surface area contributed by atoms with Gasteiger partial charge in [0.25, 0.3) is 0 Å². The minimum atomic E-state index is -6.20. The van der Waals surface area contributed by atoms with Gasteiger partial charge in [0.2, 0.25) is 6.29 Å². The van der Waals surface area contributed by atoms with E-state index in [0.29, 0.717) is 0 Å². The van der Waals surface area contributed by atoms with Gasteiger partial charge in [0, 0.05) is 0 Å². The van der Waals surface area contributed by atoms with Crippen LogP contribution in [0.25, 0.3) is 0 Å². The fraction of sp³-hybridized carbons (Fsp3) is 1.00. The third-order valence-corrected chi connectivity index (χ3v) is 9.24. The van der Waals surface area contributed by atoms with Crippen LogP contribution >= 0.6 is 0 Å². The van der Waals surface area contributed by atoms with Gasteiger partial charge < -0.3 is 14.2 Å². The van der Waals surface area contributed by atoms with E-state index < -0.39 is 158 Å². The molecule has 43 heteroatoms. The Morgan fingerprint density at radius 3 is 0.945 bits per heavy atom. The first-order valence-corrected chi connectivity index (χ1v) is 23.3. The molecule has 2 aliphatic heterocycles. The molecule has 0 aliphatic carbocycles. The van der Waals surface area contributed by atoms with E-state index >= 15 is 0 Å². The molecular weight excluding hydrogens is 961 g/mol. The second-order valence-electron chi connectivity index (χ2n) is 9.58. The lowest BCUT2D eigenvalue weighted by Crippen LogP contribution is -2.67. The second-order valence-corrected chi connectivity index (χ2v) is 18.0. The molecule has 35 nitrogen and oxygen atoms in total. The summed E-state index contributed by atoms with van der Waals surface area (Å²) in [5.41, 5.74) is 0. The molecule has 0 amide bonds. The maximum absolute atomic E-state index is 11.8. The average Bonchev–Trinajstić information content (AvgIpc) is 2.88. The second kappa shape index (κ2) is 17.6. The van der Waals surface area contributed by atoms with Crippen molar-refractivity contribution in [1.82, 2.24) is 0 Å². The highest BCUT2D eigenvalue weighted by Gasteiger charge is 2.59. The van der Waals surface area contributed by atoms with E-state index in [4.69, 9.17) is 27.9 Å². The molecule has 2 saturated heterocycles. The van der Waals surface area contributed by atoms with Crippen molar-refractivity contribution in [3.63, 3.8) is 0 Å². The standard InChI is InChI=1S/C12H22O35S8/c13-48(14,15)37-1-3-5(7(43-51(22,23)24)10(46-54(31,32)33)12(40-3)47-55(34,35)36)41-11-9(45-53(28,29)30)8(44-52(25,26)27)6(42-50(19,20)21)4(39-11)2-38-49(16,17)18/h3-12H,1-2H2,(H,13,14,15)(H,16,17,18)(H,19,20,21)(H,22,23,24)(H,25,26,27)(H,28,29,30)(H,31,32,33)(H,34,35,36)/t3-,4-,5+,6-,7-,8+,9-,10-,11+,12?/m0/s1. The van der Waals surface area contributed by atoms with Crippen LogP contribution in [0.3, 0.4) is 0 Å². The fourth-order valence-corrected chi connectivity index (χ4v) is 7.68. The van der Waals surface area contributed by atoms with Gasteiger partial charge in [0.15, 0.2) is 18.5 Å². The van der Waals surface area contributed by atoms with Crippen molar-refractivity contribution in [2.75, 3.05) is 13.2 Å². The van der Waals surface area contributed by atoms with Crippen LogP contribution in [-0.2, 0) is 131 Å². The van der Waals surface area contributed by atoms with Crippen LogP contribution in [-0.4, -0.2) is 178 Å². The Morgan fingerprint density at radius 2 is 0.600 bits per heavy atom. The van der Waals surface area contributed by atoms with Crippen molar-refractivity contribution in [1.29, 1.82) is 0 Å². The molecule has 0 aromatic heterocycles. The van der Waals surface area contributed by atoms with Gasteiger partial charge in [-0.3, -0.25) is 36.4 Å². The van der Waals surface area contributed by atoms with Gasteiger partial charge in [-0.25, -0.2) is 33.5 Å². The number of ether oxygens (including phenoxy) is 3.